The molecule has 0 radical (unpaired) electrons. The maximum Gasteiger partial charge on any atom is 0.328 e. The molecule has 3 aromatic rings. The maximum absolute atomic E-state index is 13.9. The summed E-state index contributed by atoms with van der Waals surface area (Å²) in [5.74, 6) is -0.792. The van der Waals surface area contributed by atoms with Crippen LogP contribution in [-0.2, 0) is 20.9 Å². The number of benzene rings is 1. The predicted octanol–water partition coefficient (Wildman–Crippen LogP) is 3.51. The third-order valence-corrected chi connectivity index (χ3v) is 5.54. The van der Waals surface area contributed by atoms with Crippen molar-refractivity contribution in [2.45, 2.75) is 38.8 Å². The van der Waals surface area contributed by atoms with Crippen molar-refractivity contribution in [3.05, 3.63) is 47.7 Å². The van der Waals surface area contributed by atoms with Gasteiger partial charge in [-0.3, -0.25) is 4.79 Å². The number of hydrogen-bond donors (Lipinski definition) is 0. The van der Waals surface area contributed by atoms with Crippen LogP contribution in [0.3, 0.4) is 0 Å². The van der Waals surface area contributed by atoms with Gasteiger partial charge >= 0.3 is 5.97 Å². The van der Waals surface area contributed by atoms with Crippen LogP contribution in [0.4, 0.5) is 8.78 Å². The minimum absolute atomic E-state index is 0.173. The molecule has 7 nitrogen and oxygen atoms in total. The lowest BCUT2D eigenvalue weighted by Gasteiger charge is -2.22. The highest BCUT2D eigenvalue weighted by atomic mass is 19.3. The van der Waals surface area contributed by atoms with Gasteiger partial charge in [0.05, 0.1) is 23.9 Å². The Hall–Kier alpha value is -3.36. The summed E-state index contributed by atoms with van der Waals surface area (Å²) in [6.45, 7) is 1.85. The van der Waals surface area contributed by atoms with E-state index in [1.165, 1.54) is 22.8 Å². The summed E-state index contributed by atoms with van der Waals surface area (Å²) in [6, 6.07) is 9.74. The Morgan fingerprint density at radius 1 is 1.26 bits per heavy atom. The highest BCUT2D eigenvalue weighted by Gasteiger charge is 2.35. The molecule has 1 atom stereocenters. The van der Waals surface area contributed by atoms with E-state index in [0.29, 0.717) is 36.3 Å². The normalized spacial score (nSPS) is 16.3. The number of likely N-dealkylation sites (tertiary alicyclic amines) is 1. The van der Waals surface area contributed by atoms with Crippen molar-refractivity contribution in [1.82, 2.24) is 19.7 Å². The smallest absolute Gasteiger partial charge is 0.328 e. The van der Waals surface area contributed by atoms with Crippen molar-refractivity contribution in [3.63, 3.8) is 0 Å². The Balaban J connectivity index is 1.75. The van der Waals surface area contributed by atoms with E-state index in [1.807, 2.05) is 6.07 Å². The zero-order chi connectivity index (χ0) is 22.1. The van der Waals surface area contributed by atoms with Crippen molar-refractivity contribution in [2.75, 3.05) is 13.7 Å². The van der Waals surface area contributed by atoms with Gasteiger partial charge < -0.3 is 9.64 Å². The second-order valence-corrected chi connectivity index (χ2v) is 7.47. The molecule has 2 aromatic heterocycles. The average Bonchev–Trinajstić information content (AvgIpc) is 3.38. The number of halogens is 2. The van der Waals surface area contributed by atoms with Crippen molar-refractivity contribution < 1.29 is 23.1 Å². The molecule has 31 heavy (non-hydrogen) atoms. The van der Waals surface area contributed by atoms with Gasteiger partial charge in [-0.2, -0.15) is 5.10 Å². The quantitative estimate of drug-likeness (QED) is 0.582. The third-order valence-electron chi connectivity index (χ3n) is 5.54. The molecule has 3 heterocycles. The van der Waals surface area contributed by atoms with Crippen molar-refractivity contribution in [2.24, 2.45) is 0 Å². The number of pyridine rings is 1. The number of hydrogen-bond acceptors (Lipinski definition) is 5. The average molecular weight is 428 g/mol. The predicted molar refractivity (Wildman–Crippen MR) is 109 cm³/mol. The number of carbonyl (C=O) groups is 2. The van der Waals surface area contributed by atoms with Gasteiger partial charge in [0.25, 0.3) is 6.43 Å². The van der Waals surface area contributed by atoms with E-state index in [1.54, 1.807) is 31.2 Å². The fraction of sp³-hybridized carbons (Fsp3) is 0.364. The van der Waals surface area contributed by atoms with E-state index in [0.717, 1.165) is 0 Å². The second-order valence-electron chi connectivity index (χ2n) is 7.47. The van der Waals surface area contributed by atoms with Gasteiger partial charge in [-0.1, -0.05) is 30.3 Å². The van der Waals surface area contributed by atoms with Crippen LogP contribution in [0.5, 0.6) is 0 Å². The highest BCUT2D eigenvalue weighted by Crippen LogP contribution is 2.33. The molecule has 0 spiro atoms. The topological polar surface area (TPSA) is 77.3 Å². The molecule has 0 saturated carbocycles. The molecule has 1 unspecified atom stereocenters. The van der Waals surface area contributed by atoms with E-state index in [2.05, 4.69) is 10.1 Å². The van der Waals surface area contributed by atoms with Crippen LogP contribution in [-0.4, -0.2) is 51.2 Å². The van der Waals surface area contributed by atoms with Crippen LogP contribution in [0.15, 0.2) is 36.4 Å². The maximum atomic E-state index is 13.9. The minimum atomic E-state index is -2.72. The molecule has 162 valence electrons. The lowest BCUT2D eigenvalue weighted by molar-refractivity contribution is -0.151. The Bertz CT molecular complexity index is 1130. The van der Waals surface area contributed by atoms with Crippen LogP contribution in [0.1, 0.15) is 30.5 Å². The molecule has 9 heteroatoms. The van der Waals surface area contributed by atoms with Gasteiger partial charge in [0.1, 0.15) is 12.6 Å². The lowest BCUT2D eigenvalue weighted by Crippen LogP contribution is -2.42. The molecule has 1 amide bonds. The van der Waals surface area contributed by atoms with Crippen molar-refractivity contribution >= 4 is 22.9 Å². The number of alkyl halides is 2. The number of amides is 1. The number of nitrogens with zero attached hydrogens (tertiary/aromatic N) is 4. The minimum Gasteiger partial charge on any atom is -0.467 e. The second kappa shape index (κ2) is 8.41. The van der Waals surface area contributed by atoms with Crippen LogP contribution in [0.2, 0.25) is 0 Å². The van der Waals surface area contributed by atoms with E-state index < -0.39 is 18.4 Å². The summed E-state index contributed by atoms with van der Waals surface area (Å²) in [4.78, 5) is 31.0. The fourth-order valence-electron chi connectivity index (χ4n) is 4.09. The van der Waals surface area contributed by atoms with Crippen LogP contribution >= 0.6 is 0 Å². The zero-order valence-corrected chi connectivity index (χ0v) is 17.2. The molecular weight excluding hydrogens is 406 g/mol. The Kier molecular flexibility index (Phi) is 5.67. The molecule has 1 fully saturated rings. The fourth-order valence-corrected chi connectivity index (χ4v) is 4.09. The summed E-state index contributed by atoms with van der Waals surface area (Å²) in [7, 11) is 1.29. The monoisotopic (exact) mass is 428 g/mol. The number of esters is 1. The summed E-state index contributed by atoms with van der Waals surface area (Å²) < 4.78 is 33.9. The van der Waals surface area contributed by atoms with E-state index in [4.69, 9.17) is 4.74 Å². The number of ether oxygens (including phenoxy) is 1. The molecule has 1 aliphatic heterocycles. The molecule has 1 aromatic carbocycles. The Morgan fingerprint density at radius 2 is 2.00 bits per heavy atom. The summed E-state index contributed by atoms with van der Waals surface area (Å²) in [5, 5.41) is 4.57. The standard InChI is InChI=1S/C22H22F2N4O3/c1-13-19-15(20(23)24)11-16(14-7-4-3-5-8-14)25-21(19)28(26-13)12-18(29)27-10-6-9-17(27)22(30)31-2/h3-5,7-8,11,17,20H,6,9-10,12H2,1-2H3. The van der Waals surface area contributed by atoms with Crippen molar-refractivity contribution in [1.29, 1.82) is 0 Å². The largest absolute Gasteiger partial charge is 0.467 e. The Labute approximate surface area is 177 Å². The highest BCUT2D eigenvalue weighted by molar-refractivity contribution is 5.88. The summed E-state index contributed by atoms with van der Waals surface area (Å²) in [6.07, 6.45) is -1.50. The number of fused-ring (bicyclic) bond motifs is 1. The molecule has 4 rings (SSSR count). The van der Waals surface area contributed by atoms with E-state index in [9.17, 15) is 18.4 Å². The molecular formula is C22H22F2N4O3. The van der Waals surface area contributed by atoms with Crippen molar-refractivity contribution in [3.8, 4) is 11.3 Å². The first kappa shape index (κ1) is 20.9. The zero-order valence-electron chi connectivity index (χ0n) is 17.2. The number of carbonyl (C=O) groups excluding carboxylic acids is 2. The SMILES string of the molecule is COC(=O)C1CCCN1C(=O)Cn1nc(C)c2c(C(F)F)cc(-c3ccccc3)nc21. The van der Waals surface area contributed by atoms with Gasteiger partial charge in [-0.25, -0.2) is 23.2 Å². The lowest BCUT2D eigenvalue weighted by atomic mass is 10.1. The van der Waals surface area contributed by atoms with Gasteiger partial charge in [0, 0.05) is 17.7 Å². The van der Waals surface area contributed by atoms with E-state index in [-0.39, 0.29) is 29.0 Å². The summed E-state index contributed by atoms with van der Waals surface area (Å²) in [5.41, 5.74) is 1.49. The van der Waals surface area contributed by atoms with Gasteiger partial charge in [0.15, 0.2) is 5.65 Å². The number of aryl methyl sites for hydroxylation is 1. The van der Waals surface area contributed by atoms with Gasteiger partial charge in [-0.05, 0) is 25.8 Å². The first-order chi connectivity index (χ1) is 14.9. The molecule has 0 N–H and O–H groups in total. The Morgan fingerprint density at radius 3 is 2.68 bits per heavy atom. The molecule has 1 aliphatic rings. The summed E-state index contributed by atoms with van der Waals surface area (Å²) >= 11 is 0. The van der Waals surface area contributed by atoms with Crippen LogP contribution in [0, 0.1) is 6.92 Å². The molecule has 0 aliphatic carbocycles. The van der Waals surface area contributed by atoms with Crippen LogP contribution in [0.25, 0.3) is 22.3 Å². The van der Waals surface area contributed by atoms with E-state index >= 15 is 0 Å². The van der Waals surface area contributed by atoms with Gasteiger partial charge in [0.2, 0.25) is 5.91 Å². The molecule has 0 bridgehead atoms. The first-order valence-electron chi connectivity index (χ1n) is 9.99. The first-order valence-corrected chi connectivity index (χ1v) is 9.99. The number of rotatable bonds is 5. The van der Waals surface area contributed by atoms with Crippen LogP contribution < -0.4 is 0 Å². The molecule has 1 saturated heterocycles. The third kappa shape index (κ3) is 3.87. The number of aromatic nitrogens is 3. The van der Waals surface area contributed by atoms with Gasteiger partial charge in [-0.15, -0.1) is 0 Å². The number of methoxy groups -OCH3 is 1.